The molecular weight excluding hydrogens is 188 g/mol. The molecule has 0 atom stereocenters. The smallest absolute Gasteiger partial charge is 0.0661 e. The molecule has 1 aromatic heterocycles. The van der Waals surface area contributed by atoms with Crippen LogP contribution < -0.4 is 5.73 Å². The van der Waals surface area contributed by atoms with Crippen LogP contribution >= 0.6 is 0 Å². The third-order valence-corrected chi connectivity index (χ3v) is 3.44. The van der Waals surface area contributed by atoms with Crippen LogP contribution in [0.25, 0.3) is 0 Å². The van der Waals surface area contributed by atoms with Crippen molar-refractivity contribution in [1.29, 1.82) is 0 Å². The van der Waals surface area contributed by atoms with Crippen molar-refractivity contribution in [3.63, 3.8) is 0 Å². The average molecular weight is 206 g/mol. The Morgan fingerprint density at radius 3 is 2.67 bits per heavy atom. The van der Waals surface area contributed by atoms with Gasteiger partial charge in [-0.15, -0.1) is 0 Å². The van der Waals surface area contributed by atoms with E-state index in [0.29, 0.717) is 6.54 Å². The number of likely N-dealkylation sites (tertiary alicyclic amines) is 1. The fourth-order valence-corrected chi connectivity index (χ4v) is 2.18. The zero-order valence-electron chi connectivity index (χ0n) is 9.19. The van der Waals surface area contributed by atoms with Crippen molar-refractivity contribution < 1.29 is 0 Å². The van der Waals surface area contributed by atoms with E-state index in [0.717, 1.165) is 31.6 Å². The van der Waals surface area contributed by atoms with E-state index in [9.17, 15) is 0 Å². The van der Waals surface area contributed by atoms with Crippen LogP contribution in [0, 0.1) is 0 Å². The lowest BCUT2D eigenvalue weighted by molar-refractivity contribution is 0.188. The molecule has 0 bridgehead atoms. The van der Waals surface area contributed by atoms with Crippen LogP contribution in [0.4, 0.5) is 0 Å². The van der Waals surface area contributed by atoms with Crippen molar-refractivity contribution in [2.45, 2.75) is 18.3 Å². The molecule has 2 heterocycles. The molecule has 1 aromatic rings. The molecule has 4 nitrogen and oxygen atoms in total. The highest BCUT2D eigenvalue weighted by atomic mass is 15.1. The van der Waals surface area contributed by atoms with Crippen molar-refractivity contribution >= 4 is 0 Å². The number of hydrogen-bond donors (Lipinski definition) is 1. The molecule has 0 aromatic carbocycles. The number of nitrogens with zero attached hydrogens (tertiary/aromatic N) is 3. The zero-order valence-corrected chi connectivity index (χ0v) is 9.19. The zero-order chi connectivity index (χ0) is 10.7. The van der Waals surface area contributed by atoms with E-state index in [1.807, 2.05) is 6.20 Å². The maximum atomic E-state index is 5.93. The van der Waals surface area contributed by atoms with Crippen molar-refractivity contribution in [2.75, 3.05) is 26.7 Å². The lowest BCUT2D eigenvalue weighted by atomic mass is 9.76. The predicted molar refractivity (Wildman–Crippen MR) is 59.5 cm³/mol. The van der Waals surface area contributed by atoms with Gasteiger partial charge in [0.2, 0.25) is 0 Å². The van der Waals surface area contributed by atoms with Gasteiger partial charge in [-0.2, -0.15) is 0 Å². The Morgan fingerprint density at radius 1 is 1.40 bits per heavy atom. The third kappa shape index (κ3) is 2.01. The van der Waals surface area contributed by atoms with Gasteiger partial charge in [0.05, 0.1) is 5.69 Å². The largest absolute Gasteiger partial charge is 0.330 e. The highest BCUT2D eigenvalue weighted by molar-refractivity contribution is 5.15. The van der Waals surface area contributed by atoms with E-state index >= 15 is 0 Å². The predicted octanol–water partition coefficient (Wildman–Crippen LogP) is 0.399. The second kappa shape index (κ2) is 4.24. The molecular formula is C11H18N4. The first-order valence-electron chi connectivity index (χ1n) is 5.42. The van der Waals surface area contributed by atoms with Crippen LogP contribution in [0.3, 0.4) is 0 Å². The summed E-state index contributed by atoms with van der Waals surface area (Å²) in [5, 5.41) is 0. The first kappa shape index (κ1) is 10.5. The van der Waals surface area contributed by atoms with Gasteiger partial charge >= 0.3 is 0 Å². The molecule has 4 heteroatoms. The van der Waals surface area contributed by atoms with Crippen LogP contribution in [0.2, 0.25) is 0 Å². The summed E-state index contributed by atoms with van der Waals surface area (Å²) in [6.45, 7) is 2.85. The Balaban J connectivity index is 2.23. The summed E-state index contributed by atoms with van der Waals surface area (Å²) in [7, 11) is 2.15. The van der Waals surface area contributed by atoms with E-state index in [2.05, 4.69) is 21.9 Å². The molecule has 0 radical (unpaired) electrons. The number of aromatic nitrogens is 2. The van der Waals surface area contributed by atoms with Crippen molar-refractivity contribution in [3.05, 3.63) is 24.3 Å². The Labute approximate surface area is 90.5 Å². The monoisotopic (exact) mass is 206 g/mol. The first-order chi connectivity index (χ1) is 7.27. The van der Waals surface area contributed by atoms with Gasteiger partial charge in [0, 0.05) is 30.6 Å². The maximum absolute atomic E-state index is 5.93. The fraction of sp³-hybridized carbons (Fsp3) is 0.636. The molecule has 0 aliphatic carbocycles. The molecule has 0 saturated carbocycles. The summed E-state index contributed by atoms with van der Waals surface area (Å²) in [6.07, 6.45) is 7.49. The van der Waals surface area contributed by atoms with Crippen LogP contribution in [0.1, 0.15) is 18.5 Å². The van der Waals surface area contributed by atoms with Gasteiger partial charge in [-0.05, 0) is 33.0 Å². The fourth-order valence-electron chi connectivity index (χ4n) is 2.18. The van der Waals surface area contributed by atoms with Crippen LogP contribution in [-0.4, -0.2) is 41.5 Å². The average Bonchev–Trinajstić information content (AvgIpc) is 2.32. The van der Waals surface area contributed by atoms with E-state index in [1.165, 1.54) is 0 Å². The highest BCUT2D eigenvalue weighted by Gasteiger charge is 2.35. The standard InChI is InChI=1S/C11H18N4/c1-15-6-2-11(9-12,3-7-15)10-8-13-4-5-14-10/h4-5,8H,2-3,6-7,9,12H2,1H3. The molecule has 1 aliphatic rings. The molecule has 1 saturated heterocycles. The summed E-state index contributed by atoms with van der Waals surface area (Å²) in [5.41, 5.74) is 7.04. The second-order valence-electron chi connectivity index (χ2n) is 4.38. The molecule has 82 valence electrons. The van der Waals surface area contributed by atoms with Gasteiger partial charge in [0.1, 0.15) is 0 Å². The topological polar surface area (TPSA) is 55.0 Å². The molecule has 0 amide bonds. The summed E-state index contributed by atoms with van der Waals surface area (Å²) in [6, 6.07) is 0. The van der Waals surface area contributed by atoms with Gasteiger partial charge in [-0.25, -0.2) is 0 Å². The van der Waals surface area contributed by atoms with Crippen LogP contribution in [0.5, 0.6) is 0 Å². The molecule has 2 N–H and O–H groups in total. The van der Waals surface area contributed by atoms with E-state index in [-0.39, 0.29) is 5.41 Å². The maximum Gasteiger partial charge on any atom is 0.0661 e. The summed E-state index contributed by atoms with van der Waals surface area (Å²) < 4.78 is 0. The lowest BCUT2D eigenvalue weighted by Gasteiger charge is -2.39. The number of hydrogen-bond acceptors (Lipinski definition) is 4. The first-order valence-corrected chi connectivity index (χ1v) is 5.42. The van der Waals surface area contributed by atoms with Gasteiger partial charge in [0.15, 0.2) is 0 Å². The minimum Gasteiger partial charge on any atom is -0.330 e. The molecule has 1 fully saturated rings. The third-order valence-electron chi connectivity index (χ3n) is 3.44. The highest BCUT2D eigenvalue weighted by Crippen LogP contribution is 2.32. The Kier molecular flexibility index (Phi) is 2.98. The van der Waals surface area contributed by atoms with Crippen LogP contribution in [0.15, 0.2) is 18.6 Å². The SMILES string of the molecule is CN1CCC(CN)(c2cnccn2)CC1. The normalized spacial score (nSPS) is 21.5. The Hall–Kier alpha value is -1.00. The summed E-state index contributed by atoms with van der Waals surface area (Å²) >= 11 is 0. The minimum atomic E-state index is 0.0563. The lowest BCUT2D eigenvalue weighted by Crippen LogP contribution is -2.46. The molecule has 0 spiro atoms. The second-order valence-corrected chi connectivity index (χ2v) is 4.38. The van der Waals surface area contributed by atoms with Crippen LogP contribution in [-0.2, 0) is 5.41 Å². The van der Waals surface area contributed by atoms with E-state index in [4.69, 9.17) is 5.73 Å². The number of rotatable bonds is 2. The van der Waals surface area contributed by atoms with E-state index < -0.39 is 0 Å². The Bertz CT molecular complexity index is 304. The molecule has 15 heavy (non-hydrogen) atoms. The van der Waals surface area contributed by atoms with E-state index in [1.54, 1.807) is 12.4 Å². The van der Waals surface area contributed by atoms with Gasteiger partial charge < -0.3 is 10.6 Å². The van der Waals surface area contributed by atoms with Crippen molar-refractivity contribution in [3.8, 4) is 0 Å². The van der Waals surface area contributed by atoms with Gasteiger partial charge in [0.25, 0.3) is 0 Å². The summed E-state index contributed by atoms with van der Waals surface area (Å²) in [5.74, 6) is 0. The summed E-state index contributed by atoms with van der Waals surface area (Å²) in [4.78, 5) is 10.9. The molecule has 0 unspecified atom stereocenters. The number of nitrogens with two attached hydrogens (primary N) is 1. The van der Waals surface area contributed by atoms with Gasteiger partial charge in [-0.3, -0.25) is 9.97 Å². The number of piperidine rings is 1. The quantitative estimate of drug-likeness (QED) is 0.761. The molecule has 2 rings (SSSR count). The van der Waals surface area contributed by atoms with Gasteiger partial charge in [-0.1, -0.05) is 0 Å². The Morgan fingerprint density at radius 2 is 2.13 bits per heavy atom. The van der Waals surface area contributed by atoms with Crippen molar-refractivity contribution in [2.24, 2.45) is 5.73 Å². The molecule has 1 aliphatic heterocycles. The minimum absolute atomic E-state index is 0.0563. The van der Waals surface area contributed by atoms with Crippen molar-refractivity contribution in [1.82, 2.24) is 14.9 Å².